The van der Waals surface area contributed by atoms with E-state index in [1.807, 2.05) is 0 Å². The van der Waals surface area contributed by atoms with Gasteiger partial charge in [-0.15, -0.1) is 0 Å². The van der Waals surface area contributed by atoms with E-state index in [-0.39, 0.29) is 11.3 Å². The van der Waals surface area contributed by atoms with Crippen LogP contribution in [0.25, 0.3) is 0 Å². The first-order valence-corrected chi connectivity index (χ1v) is 4.58. The van der Waals surface area contributed by atoms with Crippen LogP contribution in [-0.4, -0.2) is 17.0 Å². The number of carboxylic acid groups (broad SMARTS) is 1. The van der Waals surface area contributed by atoms with E-state index in [1.54, 1.807) is 0 Å². The van der Waals surface area contributed by atoms with Crippen LogP contribution in [-0.2, 0) is 9.59 Å². The zero-order valence-corrected chi connectivity index (χ0v) is 8.83. The molecular weight excluding hydrogens is 232 g/mol. The standard InChI is InChI=1S/C11H9F2NO3/c1-6(11(16)17)4-10(15)14-9-3-2-7(12)5-8(9)13/h2-5H,1H3,(H,14,15)(H,16,17)/b6-4+. The van der Waals surface area contributed by atoms with Gasteiger partial charge in [0.25, 0.3) is 0 Å². The fourth-order valence-electron chi connectivity index (χ4n) is 1.02. The number of carbonyl (C=O) groups is 2. The molecule has 0 atom stereocenters. The minimum Gasteiger partial charge on any atom is -0.478 e. The van der Waals surface area contributed by atoms with Crippen molar-refractivity contribution in [3.63, 3.8) is 0 Å². The highest BCUT2D eigenvalue weighted by Crippen LogP contribution is 2.14. The summed E-state index contributed by atoms with van der Waals surface area (Å²) in [5.41, 5.74) is -0.407. The lowest BCUT2D eigenvalue weighted by Gasteiger charge is -2.03. The Hall–Kier alpha value is -2.24. The molecule has 1 aromatic rings. The summed E-state index contributed by atoms with van der Waals surface area (Å²) in [4.78, 5) is 21.7. The fraction of sp³-hybridized carbons (Fsp3) is 0.0909. The number of nitrogens with one attached hydrogen (secondary N) is 1. The zero-order valence-electron chi connectivity index (χ0n) is 8.83. The summed E-state index contributed by atoms with van der Waals surface area (Å²) >= 11 is 0. The van der Waals surface area contributed by atoms with Crippen molar-refractivity contribution >= 4 is 17.6 Å². The average molecular weight is 241 g/mol. The molecule has 0 unspecified atom stereocenters. The van der Waals surface area contributed by atoms with Gasteiger partial charge in [-0.25, -0.2) is 13.6 Å². The fourth-order valence-corrected chi connectivity index (χ4v) is 1.02. The van der Waals surface area contributed by atoms with Crippen molar-refractivity contribution in [3.8, 4) is 0 Å². The maximum Gasteiger partial charge on any atom is 0.331 e. The second-order valence-electron chi connectivity index (χ2n) is 3.25. The number of amides is 1. The Morgan fingerprint density at radius 2 is 2.00 bits per heavy atom. The number of anilines is 1. The van der Waals surface area contributed by atoms with Gasteiger partial charge in [-0.05, 0) is 19.1 Å². The summed E-state index contributed by atoms with van der Waals surface area (Å²) in [6.45, 7) is 1.23. The molecule has 0 aliphatic rings. The van der Waals surface area contributed by atoms with Crippen LogP contribution in [0.15, 0.2) is 29.8 Å². The molecule has 4 nitrogen and oxygen atoms in total. The Labute approximate surface area is 95.6 Å². The second kappa shape index (κ2) is 5.20. The van der Waals surface area contributed by atoms with Crippen molar-refractivity contribution in [2.45, 2.75) is 6.92 Å². The van der Waals surface area contributed by atoms with Gasteiger partial charge < -0.3 is 10.4 Å². The highest BCUT2D eigenvalue weighted by atomic mass is 19.1. The summed E-state index contributed by atoms with van der Waals surface area (Å²) in [7, 11) is 0. The predicted octanol–water partition coefficient (Wildman–Crippen LogP) is 1.93. The molecule has 1 amide bonds. The summed E-state index contributed by atoms with van der Waals surface area (Å²) in [6.07, 6.45) is 0.811. The first-order chi connectivity index (χ1) is 7.90. The minimum absolute atomic E-state index is 0.190. The lowest BCUT2D eigenvalue weighted by atomic mass is 10.2. The summed E-state index contributed by atoms with van der Waals surface area (Å²) in [6, 6.07) is 2.64. The van der Waals surface area contributed by atoms with Crippen LogP contribution in [0.1, 0.15) is 6.92 Å². The molecule has 0 saturated carbocycles. The number of halogens is 2. The van der Waals surface area contributed by atoms with E-state index in [9.17, 15) is 18.4 Å². The maximum atomic E-state index is 13.1. The van der Waals surface area contributed by atoms with Gasteiger partial charge in [0, 0.05) is 17.7 Å². The molecule has 2 N–H and O–H groups in total. The van der Waals surface area contributed by atoms with Gasteiger partial charge in [0.1, 0.15) is 11.6 Å². The molecule has 0 bridgehead atoms. The number of carboxylic acids is 1. The van der Waals surface area contributed by atoms with Crippen molar-refractivity contribution in [1.29, 1.82) is 0 Å². The van der Waals surface area contributed by atoms with Gasteiger partial charge in [-0.2, -0.15) is 0 Å². The van der Waals surface area contributed by atoms with Crippen LogP contribution < -0.4 is 5.32 Å². The van der Waals surface area contributed by atoms with Gasteiger partial charge in [0.05, 0.1) is 5.69 Å². The van der Waals surface area contributed by atoms with Crippen LogP contribution >= 0.6 is 0 Å². The van der Waals surface area contributed by atoms with E-state index in [1.165, 1.54) is 6.92 Å². The van der Waals surface area contributed by atoms with Gasteiger partial charge in [-0.3, -0.25) is 4.79 Å². The Kier molecular flexibility index (Phi) is 3.92. The smallest absolute Gasteiger partial charge is 0.331 e. The van der Waals surface area contributed by atoms with Gasteiger partial charge >= 0.3 is 5.97 Å². The minimum atomic E-state index is -1.25. The highest BCUT2D eigenvalue weighted by molar-refractivity contribution is 6.04. The lowest BCUT2D eigenvalue weighted by molar-refractivity contribution is -0.132. The number of benzene rings is 1. The Morgan fingerprint density at radius 1 is 1.35 bits per heavy atom. The molecule has 0 saturated heterocycles. The Morgan fingerprint density at radius 3 is 2.53 bits per heavy atom. The second-order valence-corrected chi connectivity index (χ2v) is 3.25. The zero-order chi connectivity index (χ0) is 13.0. The van der Waals surface area contributed by atoms with Crippen molar-refractivity contribution in [2.75, 3.05) is 5.32 Å². The van der Waals surface area contributed by atoms with Crippen LogP contribution in [0.2, 0.25) is 0 Å². The monoisotopic (exact) mass is 241 g/mol. The van der Waals surface area contributed by atoms with Crippen LogP contribution in [0.5, 0.6) is 0 Å². The van der Waals surface area contributed by atoms with Gasteiger partial charge in [0.2, 0.25) is 5.91 Å². The van der Waals surface area contributed by atoms with E-state index >= 15 is 0 Å². The topological polar surface area (TPSA) is 66.4 Å². The molecule has 0 spiro atoms. The molecule has 90 valence electrons. The summed E-state index contributed by atoms with van der Waals surface area (Å²) < 4.78 is 25.7. The molecule has 1 rings (SSSR count). The van der Waals surface area contributed by atoms with Crippen LogP contribution in [0.4, 0.5) is 14.5 Å². The number of hydrogen-bond acceptors (Lipinski definition) is 2. The first kappa shape index (κ1) is 12.8. The number of rotatable bonds is 3. The lowest BCUT2D eigenvalue weighted by Crippen LogP contribution is -2.12. The average Bonchev–Trinajstić information content (AvgIpc) is 2.22. The molecular formula is C11H9F2NO3. The SMILES string of the molecule is C/C(=C\C(=O)Nc1ccc(F)cc1F)C(=O)O. The van der Waals surface area contributed by atoms with E-state index in [0.29, 0.717) is 6.07 Å². The van der Waals surface area contributed by atoms with Crippen molar-refractivity contribution in [3.05, 3.63) is 41.5 Å². The first-order valence-electron chi connectivity index (χ1n) is 4.58. The molecule has 0 radical (unpaired) electrons. The number of hydrogen-bond donors (Lipinski definition) is 2. The Bertz CT molecular complexity index is 497. The molecule has 17 heavy (non-hydrogen) atoms. The number of aliphatic carboxylic acids is 1. The van der Waals surface area contributed by atoms with Crippen LogP contribution in [0.3, 0.4) is 0 Å². The molecule has 0 heterocycles. The van der Waals surface area contributed by atoms with E-state index in [2.05, 4.69) is 5.32 Å². The van der Waals surface area contributed by atoms with Gasteiger partial charge in [-0.1, -0.05) is 0 Å². The highest BCUT2D eigenvalue weighted by Gasteiger charge is 2.08. The molecule has 6 heteroatoms. The quantitative estimate of drug-likeness (QED) is 0.794. The maximum absolute atomic E-state index is 13.1. The normalized spacial score (nSPS) is 11.1. The summed E-state index contributed by atoms with van der Waals surface area (Å²) in [5, 5.41) is 10.6. The third kappa shape index (κ3) is 3.67. The predicted molar refractivity (Wildman–Crippen MR) is 56.4 cm³/mol. The Balaban J connectivity index is 2.82. The van der Waals surface area contributed by atoms with Crippen LogP contribution in [0, 0.1) is 11.6 Å². The van der Waals surface area contributed by atoms with E-state index < -0.39 is 23.5 Å². The van der Waals surface area contributed by atoms with E-state index in [4.69, 9.17) is 5.11 Å². The molecule has 0 aliphatic carbocycles. The number of carbonyl (C=O) groups excluding carboxylic acids is 1. The largest absolute Gasteiger partial charge is 0.478 e. The van der Waals surface area contributed by atoms with Crippen molar-refractivity contribution in [1.82, 2.24) is 0 Å². The summed E-state index contributed by atoms with van der Waals surface area (Å²) in [5.74, 6) is -3.74. The van der Waals surface area contributed by atoms with E-state index in [0.717, 1.165) is 18.2 Å². The molecule has 0 aliphatic heterocycles. The third-order valence-electron chi connectivity index (χ3n) is 1.87. The molecule has 0 aromatic heterocycles. The molecule has 0 fully saturated rings. The van der Waals surface area contributed by atoms with Gasteiger partial charge in [0.15, 0.2) is 0 Å². The van der Waals surface area contributed by atoms with Crippen molar-refractivity contribution < 1.29 is 23.5 Å². The molecule has 1 aromatic carbocycles. The third-order valence-corrected chi connectivity index (χ3v) is 1.87. The van der Waals surface area contributed by atoms with Crippen molar-refractivity contribution in [2.24, 2.45) is 0 Å².